The van der Waals surface area contributed by atoms with Crippen LogP contribution in [-0.4, -0.2) is 59.1 Å². The molecule has 8 heteroatoms. The number of rotatable bonds is 6. The predicted octanol–water partition coefficient (Wildman–Crippen LogP) is -0.339. The zero-order chi connectivity index (χ0) is 16.9. The van der Waals surface area contributed by atoms with Crippen molar-refractivity contribution in [2.45, 2.75) is 44.8 Å². The lowest BCUT2D eigenvalue weighted by molar-refractivity contribution is -0.125. The molecule has 1 atom stereocenters. The lowest BCUT2D eigenvalue weighted by atomic mass is 10.0. The van der Waals surface area contributed by atoms with Crippen molar-refractivity contribution in [1.82, 2.24) is 31.0 Å². The first kappa shape index (κ1) is 16.9. The number of aromatic nitrogens is 2. The fourth-order valence-corrected chi connectivity index (χ4v) is 3.30. The van der Waals surface area contributed by atoms with Gasteiger partial charge in [0.1, 0.15) is 6.04 Å². The van der Waals surface area contributed by atoms with E-state index in [1.165, 1.54) is 0 Å². The lowest BCUT2D eigenvalue weighted by Crippen LogP contribution is -2.49. The van der Waals surface area contributed by atoms with Gasteiger partial charge < -0.3 is 10.6 Å². The van der Waals surface area contributed by atoms with E-state index < -0.39 is 0 Å². The van der Waals surface area contributed by atoms with Crippen molar-refractivity contribution in [2.75, 3.05) is 26.2 Å². The molecule has 2 aliphatic heterocycles. The molecule has 8 nitrogen and oxygen atoms in total. The van der Waals surface area contributed by atoms with Crippen molar-refractivity contribution in [3.63, 3.8) is 0 Å². The van der Waals surface area contributed by atoms with Crippen molar-refractivity contribution in [3.05, 3.63) is 17.5 Å². The molecule has 1 aromatic rings. The highest BCUT2D eigenvalue weighted by Gasteiger charge is 2.31. The van der Waals surface area contributed by atoms with Crippen LogP contribution >= 0.6 is 0 Å². The summed E-state index contributed by atoms with van der Waals surface area (Å²) in [4.78, 5) is 26.4. The molecule has 1 saturated heterocycles. The summed E-state index contributed by atoms with van der Waals surface area (Å²) in [5, 5.41) is 16.1. The summed E-state index contributed by atoms with van der Waals surface area (Å²) in [6.45, 7) is 5.54. The van der Waals surface area contributed by atoms with Crippen LogP contribution < -0.4 is 16.0 Å². The van der Waals surface area contributed by atoms with E-state index in [0.29, 0.717) is 13.1 Å². The van der Waals surface area contributed by atoms with Gasteiger partial charge in [-0.25, -0.2) is 0 Å². The Bertz CT molecular complexity index is 579. The number of nitrogens with one attached hydrogen (secondary N) is 4. The average molecular weight is 334 g/mol. The number of carbonyl (C=O) groups excluding carboxylic acids is 2. The van der Waals surface area contributed by atoms with Crippen molar-refractivity contribution < 1.29 is 9.59 Å². The Labute approximate surface area is 141 Å². The number of piperidine rings is 1. The van der Waals surface area contributed by atoms with Gasteiger partial charge in [-0.05, 0) is 19.3 Å². The fraction of sp³-hybridized carbons (Fsp3) is 0.688. The van der Waals surface area contributed by atoms with E-state index in [0.717, 1.165) is 50.2 Å². The van der Waals surface area contributed by atoms with Gasteiger partial charge in [-0.2, -0.15) is 5.10 Å². The third kappa shape index (κ3) is 3.93. The topological polar surface area (TPSA) is 102 Å². The van der Waals surface area contributed by atoms with Crippen molar-refractivity contribution in [3.8, 4) is 0 Å². The lowest BCUT2D eigenvalue weighted by Gasteiger charge is -2.32. The van der Waals surface area contributed by atoms with E-state index in [-0.39, 0.29) is 23.9 Å². The number of H-pyrrole nitrogens is 1. The predicted molar refractivity (Wildman–Crippen MR) is 89.1 cm³/mol. The molecule has 2 aliphatic rings. The summed E-state index contributed by atoms with van der Waals surface area (Å²) in [6, 6.07) is -0.137. The second kappa shape index (κ2) is 7.76. The van der Waals surface area contributed by atoms with E-state index in [1.54, 1.807) is 6.20 Å². The maximum absolute atomic E-state index is 12.5. The molecular weight excluding hydrogens is 308 g/mol. The molecule has 3 heterocycles. The molecule has 24 heavy (non-hydrogen) atoms. The third-order valence-electron chi connectivity index (χ3n) is 4.68. The minimum absolute atomic E-state index is 0.00860. The number of fused-ring (bicyclic) bond motifs is 1. The number of carbonyl (C=O) groups is 2. The van der Waals surface area contributed by atoms with Crippen molar-refractivity contribution >= 4 is 11.8 Å². The molecule has 132 valence electrons. The standard InChI is InChI=1S/C16H26N6O2/c1-2-5-17-14(23)10-22-6-3-11(4-7-22)20-16(24)15-12-8-19-21-13(12)9-18-15/h8,11,15,18H,2-7,9-10H2,1H3,(H,17,23)(H,19,21)(H,20,24). The summed E-state index contributed by atoms with van der Waals surface area (Å²) in [6.07, 6.45) is 4.42. The Morgan fingerprint density at radius 2 is 2.17 bits per heavy atom. The van der Waals surface area contributed by atoms with Crippen LogP contribution in [0.25, 0.3) is 0 Å². The molecule has 2 amide bonds. The minimum Gasteiger partial charge on any atom is -0.355 e. The number of nitrogens with zero attached hydrogens (tertiary/aromatic N) is 2. The fourth-order valence-electron chi connectivity index (χ4n) is 3.30. The summed E-state index contributed by atoms with van der Waals surface area (Å²) in [5.41, 5.74) is 1.93. The third-order valence-corrected chi connectivity index (χ3v) is 4.68. The van der Waals surface area contributed by atoms with Crippen molar-refractivity contribution in [1.29, 1.82) is 0 Å². The molecule has 0 radical (unpaired) electrons. The maximum atomic E-state index is 12.5. The minimum atomic E-state index is -0.309. The molecule has 3 rings (SSSR count). The first-order valence-electron chi connectivity index (χ1n) is 8.72. The van der Waals surface area contributed by atoms with E-state index >= 15 is 0 Å². The molecule has 0 aliphatic carbocycles. The molecule has 1 aromatic heterocycles. The molecule has 1 unspecified atom stereocenters. The highest BCUT2D eigenvalue weighted by Crippen LogP contribution is 2.23. The highest BCUT2D eigenvalue weighted by molar-refractivity contribution is 5.84. The molecule has 4 N–H and O–H groups in total. The van der Waals surface area contributed by atoms with Crippen LogP contribution in [0.15, 0.2) is 6.20 Å². The zero-order valence-corrected chi connectivity index (χ0v) is 14.1. The smallest absolute Gasteiger partial charge is 0.242 e. The van der Waals surface area contributed by atoms with Gasteiger partial charge in [-0.3, -0.25) is 24.9 Å². The Kier molecular flexibility index (Phi) is 5.47. The van der Waals surface area contributed by atoms with Crippen LogP contribution in [0.5, 0.6) is 0 Å². The molecule has 0 aromatic carbocycles. The second-order valence-electron chi connectivity index (χ2n) is 6.53. The van der Waals surface area contributed by atoms with Gasteiger partial charge in [0.25, 0.3) is 0 Å². The van der Waals surface area contributed by atoms with Gasteiger partial charge in [0.2, 0.25) is 11.8 Å². The van der Waals surface area contributed by atoms with E-state index in [4.69, 9.17) is 0 Å². The normalized spacial score (nSPS) is 21.5. The first-order chi connectivity index (χ1) is 11.7. The van der Waals surface area contributed by atoms with Gasteiger partial charge in [0.05, 0.1) is 18.4 Å². The van der Waals surface area contributed by atoms with E-state index in [2.05, 4.69) is 31.0 Å². The Hall–Kier alpha value is -1.93. The monoisotopic (exact) mass is 334 g/mol. The van der Waals surface area contributed by atoms with Gasteiger partial charge in [0.15, 0.2) is 0 Å². The number of amides is 2. The summed E-state index contributed by atoms with van der Waals surface area (Å²) in [5.74, 6) is 0.0938. The second-order valence-corrected chi connectivity index (χ2v) is 6.53. The van der Waals surface area contributed by atoms with Gasteiger partial charge in [-0.1, -0.05) is 6.92 Å². The van der Waals surface area contributed by atoms with Crippen LogP contribution in [-0.2, 0) is 16.1 Å². The number of hydrogen-bond donors (Lipinski definition) is 4. The van der Waals surface area contributed by atoms with Gasteiger partial charge in [0, 0.05) is 37.8 Å². The van der Waals surface area contributed by atoms with Crippen LogP contribution in [0.3, 0.4) is 0 Å². The molecule has 0 bridgehead atoms. The first-order valence-corrected chi connectivity index (χ1v) is 8.72. The van der Waals surface area contributed by atoms with Crippen LogP contribution in [0.1, 0.15) is 43.5 Å². The van der Waals surface area contributed by atoms with Crippen molar-refractivity contribution in [2.24, 2.45) is 0 Å². The van der Waals surface area contributed by atoms with Crippen LogP contribution in [0.2, 0.25) is 0 Å². The summed E-state index contributed by atoms with van der Waals surface area (Å²) < 4.78 is 0. The largest absolute Gasteiger partial charge is 0.355 e. The number of likely N-dealkylation sites (tertiary alicyclic amines) is 1. The zero-order valence-electron chi connectivity index (χ0n) is 14.1. The van der Waals surface area contributed by atoms with Crippen LogP contribution in [0, 0.1) is 0 Å². The SMILES string of the molecule is CCCNC(=O)CN1CCC(NC(=O)C2NCc3[nH]ncc32)CC1. The van der Waals surface area contributed by atoms with E-state index in [9.17, 15) is 9.59 Å². The number of hydrogen-bond acceptors (Lipinski definition) is 5. The summed E-state index contributed by atoms with van der Waals surface area (Å²) >= 11 is 0. The Balaban J connectivity index is 1.41. The Morgan fingerprint density at radius 3 is 2.92 bits per heavy atom. The number of aromatic amines is 1. The maximum Gasteiger partial charge on any atom is 0.242 e. The Morgan fingerprint density at radius 1 is 1.38 bits per heavy atom. The van der Waals surface area contributed by atoms with E-state index in [1.807, 2.05) is 6.92 Å². The summed E-state index contributed by atoms with van der Waals surface area (Å²) in [7, 11) is 0. The highest BCUT2D eigenvalue weighted by atomic mass is 16.2. The molecule has 0 saturated carbocycles. The molecule has 0 spiro atoms. The molecule has 1 fully saturated rings. The van der Waals surface area contributed by atoms with Gasteiger partial charge >= 0.3 is 0 Å². The van der Waals surface area contributed by atoms with Crippen LogP contribution in [0.4, 0.5) is 0 Å². The quantitative estimate of drug-likeness (QED) is 0.570. The molecular formula is C16H26N6O2. The van der Waals surface area contributed by atoms with Gasteiger partial charge in [-0.15, -0.1) is 0 Å². The average Bonchev–Trinajstić information content (AvgIpc) is 3.18.